The zero-order valence-corrected chi connectivity index (χ0v) is 14.3. The lowest BCUT2D eigenvalue weighted by Crippen LogP contribution is -2.08. The second kappa shape index (κ2) is 6.75. The van der Waals surface area contributed by atoms with Crippen molar-refractivity contribution in [2.45, 2.75) is 13.0 Å². The number of pyridine rings is 1. The molecular formula is C18H16N6O2. The molecule has 0 amide bonds. The molecule has 0 aliphatic heterocycles. The van der Waals surface area contributed by atoms with Crippen LogP contribution in [0.15, 0.2) is 59.4 Å². The van der Waals surface area contributed by atoms with Crippen LogP contribution in [0.3, 0.4) is 0 Å². The Bertz CT molecular complexity index is 997. The zero-order chi connectivity index (χ0) is 17.9. The first-order valence-electron chi connectivity index (χ1n) is 8.08. The highest BCUT2D eigenvalue weighted by Crippen LogP contribution is 2.24. The van der Waals surface area contributed by atoms with Crippen LogP contribution in [0, 0.1) is 0 Å². The molecule has 1 unspecified atom stereocenters. The smallest absolute Gasteiger partial charge is 0.317 e. The van der Waals surface area contributed by atoms with Crippen molar-refractivity contribution in [1.82, 2.24) is 29.9 Å². The Morgan fingerprint density at radius 2 is 1.77 bits per heavy atom. The minimum atomic E-state index is -0.440. The van der Waals surface area contributed by atoms with E-state index in [0.717, 1.165) is 11.1 Å². The number of hydrogen-bond acceptors (Lipinski definition) is 7. The van der Waals surface area contributed by atoms with Crippen molar-refractivity contribution in [3.05, 3.63) is 60.7 Å². The van der Waals surface area contributed by atoms with E-state index < -0.39 is 6.10 Å². The first-order chi connectivity index (χ1) is 12.7. The van der Waals surface area contributed by atoms with Crippen LogP contribution in [-0.2, 0) is 7.05 Å². The highest BCUT2D eigenvalue weighted by molar-refractivity contribution is 5.54. The Labute approximate surface area is 149 Å². The van der Waals surface area contributed by atoms with Gasteiger partial charge in [0.1, 0.15) is 0 Å². The van der Waals surface area contributed by atoms with E-state index in [2.05, 4.69) is 25.3 Å². The van der Waals surface area contributed by atoms with Crippen LogP contribution in [0.2, 0.25) is 0 Å². The fraction of sp³-hybridized carbons (Fsp3) is 0.167. The molecule has 3 aromatic heterocycles. The van der Waals surface area contributed by atoms with Gasteiger partial charge in [-0.25, -0.2) is 0 Å². The Kier molecular flexibility index (Phi) is 4.14. The van der Waals surface area contributed by atoms with Crippen LogP contribution in [0.5, 0.6) is 6.01 Å². The van der Waals surface area contributed by atoms with E-state index >= 15 is 0 Å². The molecule has 0 bridgehead atoms. The molecule has 8 heteroatoms. The van der Waals surface area contributed by atoms with E-state index in [9.17, 15) is 0 Å². The normalized spacial score (nSPS) is 12.1. The van der Waals surface area contributed by atoms with Crippen molar-refractivity contribution in [3.8, 4) is 28.9 Å². The topological polar surface area (TPSA) is 91.8 Å². The minimum absolute atomic E-state index is 0.371. The standard InChI is InChI=1S/C18H16N6O2/c1-12(15-20-17(26-23-15)14-6-4-3-5-7-14)25-18-22-21-16(24(18)2)13-8-10-19-11-9-13/h3-12H,1-2H3. The lowest BCUT2D eigenvalue weighted by atomic mass is 10.2. The Balaban J connectivity index is 1.53. The van der Waals surface area contributed by atoms with Gasteiger partial charge in [-0.1, -0.05) is 28.5 Å². The second-order valence-corrected chi connectivity index (χ2v) is 5.68. The fourth-order valence-corrected chi connectivity index (χ4v) is 2.48. The van der Waals surface area contributed by atoms with E-state index in [1.807, 2.05) is 56.4 Å². The van der Waals surface area contributed by atoms with E-state index in [4.69, 9.17) is 9.26 Å². The lowest BCUT2D eigenvalue weighted by Gasteiger charge is -2.10. The van der Waals surface area contributed by atoms with Gasteiger partial charge in [-0.05, 0) is 31.2 Å². The molecule has 0 spiro atoms. The summed E-state index contributed by atoms with van der Waals surface area (Å²) in [5, 5.41) is 12.3. The molecule has 0 N–H and O–H groups in total. The molecule has 0 saturated carbocycles. The summed E-state index contributed by atoms with van der Waals surface area (Å²) in [6.45, 7) is 1.83. The molecule has 0 saturated heterocycles. The summed E-state index contributed by atoms with van der Waals surface area (Å²) in [6.07, 6.45) is 2.97. The van der Waals surface area contributed by atoms with Gasteiger partial charge >= 0.3 is 6.01 Å². The molecule has 0 aliphatic rings. The molecule has 4 rings (SSSR count). The van der Waals surface area contributed by atoms with Crippen LogP contribution in [0.25, 0.3) is 22.8 Å². The molecule has 0 fully saturated rings. The summed E-state index contributed by atoms with van der Waals surface area (Å²) in [6, 6.07) is 13.7. The highest BCUT2D eigenvalue weighted by atomic mass is 16.5. The van der Waals surface area contributed by atoms with Crippen LogP contribution in [0.1, 0.15) is 18.9 Å². The molecule has 8 nitrogen and oxygen atoms in total. The Morgan fingerprint density at radius 3 is 2.54 bits per heavy atom. The van der Waals surface area contributed by atoms with Crippen molar-refractivity contribution in [2.24, 2.45) is 7.05 Å². The molecule has 0 radical (unpaired) electrons. The third kappa shape index (κ3) is 3.04. The second-order valence-electron chi connectivity index (χ2n) is 5.68. The van der Waals surface area contributed by atoms with Gasteiger partial charge in [-0.15, -0.1) is 5.10 Å². The SMILES string of the molecule is CC(Oc1nnc(-c2ccncc2)n1C)c1noc(-c2ccccc2)n1. The zero-order valence-electron chi connectivity index (χ0n) is 14.3. The molecule has 4 aromatic rings. The monoisotopic (exact) mass is 348 g/mol. The largest absolute Gasteiger partial charge is 0.452 e. The van der Waals surface area contributed by atoms with Crippen LogP contribution >= 0.6 is 0 Å². The maximum atomic E-state index is 5.87. The van der Waals surface area contributed by atoms with E-state index in [0.29, 0.717) is 23.5 Å². The first kappa shape index (κ1) is 15.9. The molecule has 26 heavy (non-hydrogen) atoms. The third-order valence-corrected chi connectivity index (χ3v) is 3.88. The van der Waals surface area contributed by atoms with Gasteiger partial charge in [0.15, 0.2) is 11.9 Å². The maximum Gasteiger partial charge on any atom is 0.317 e. The number of ether oxygens (including phenoxy) is 1. The van der Waals surface area contributed by atoms with Crippen molar-refractivity contribution >= 4 is 0 Å². The summed E-state index contributed by atoms with van der Waals surface area (Å²) in [7, 11) is 1.84. The van der Waals surface area contributed by atoms with Crippen molar-refractivity contribution in [3.63, 3.8) is 0 Å². The van der Waals surface area contributed by atoms with Gasteiger partial charge < -0.3 is 9.26 Å². The summed E-state index contributed by atoms with van der Waals surface area (Å²) >= 11 is 0. The molecule has 3 heterocycles. The number of rotatable bonds is 5. The molecule has 1 aromatic carbocycles. The van der Waals surface area contributed by atoms with Gasteiger partial charge in [0.25, 0.3) is 5.89 Å². The average Bonchev–Trinajstić information content (AvgIpc) is 3.31. The van der Waals surface area contributed by atoms with E-state index in [1.54, 1.807) is 17.0 Å². The Morgan fingerprint density at radius 1 is 1.00 bits per heavy atom. The number of benzene rings is 1. The maximum absolute atomic E-state index is 5.87. The average molecular weight is 348 g/mol. The molecular weight excluding hydrogens is 332 g/mol. The lowest BCUT2D eigenvalue weighted by molar-refractivity contribution is 0.186. The molecule has 130 valence electrons. The number of nitrogens with zero attached hydrogens (tertiary/aromatic N) is 6. The van der Waals surface area contributed by atoms with E-state index in [1.165, 1.54) is 0 Å². The highest BCUT2D eigenvalue weighted by Gasteiger charge is 2.20. The fourth-order valence-electron chi connectivity index (χ4n) is 2.48. The quantitative estimate of drug-likeness (QED) is 0.547. The summed E-state index contributed by atoms with van der Waals surface area (Å²) in [5.74, 6) is 1.58. The summed E-state index contributed by atoms with van der Waals surface area (Å²) in [4.78, 5) is 8.41. The van der Waals surface area contributed by atoms with Crippen LogP contribution in [0.4, 0.5) is 0 Å². The molecule has 1 atom stereocenters. The van der Waals surface area contributed by atoms with Crippen LogP contribution < -0.4 is 4.74 Å². The number of hydrogen-bond donors (Lipinski definition) is 0. The minimum Gasteiger partial charge on any atom is -0.452 e. The number of aromatic nitrogens is 6. The van der Waals surface area contributed by atoms with Gasteiger partial charge in [0, 0.05) is 30.6 Å². The summed E-state index contributed by atoms with van der Waals surface area (Å²) in [5.41, 5.74) is 1.76. The van der Waals surface area contributed by atoms with Gasteiger partial charge in [0.05, 0.1) is 0 Å². The van der Waals surface area contributed by atoms with Gasteiger partial charge in [-0.2, -0.15) is 4.98 Å². The van der Waals surface area contributed by atoms with Crippen molar-refractivity contribution < 1.29 is 9.26 Å². The van der Waals surface area contributed by atoms with E-state index in [-0.39, 0.29) is 0 Å². The summed E-state index contributed by atoms with van der Waals surface area (Å²) < 4.78 is 13.0. The first-order valence-corrected chi connectivity index (χ1v) is 8.08. The van der Waals surface area contributed by atoms with Crippen molar-refractivity contribution in [2.75, 3.05) is 0 Å². The van der Waals surface area contributed by atoms with Gasteiger partial charge in [-0.3, -0.25) is 9.55 Å². The van der Waals surface area contributed by atoms with Gasteiger partial charge in [0.2, 0.25) is 5.82 Å². The van der Waals surface area contributed by atoms with Crippen LogP contribution in [-0.4, -0.2) is 29.9 Å². The predicted octanol–water partition coefficient (Wildman–Crippen LogP) is 3.07. The Hall–Kier alpha value is -3.55. The molecule has 0 aliphatic carbocycles. The third-order valence-electron chi connectivity index (χ3n) is 3.88. The predicted molar refractivity (Wildman–Crippen MR) is 93.0 cm³/mol. The van der Waals surface area contributed by atoms with Crippen molar-refractivity contribution in [1.29, 1.82) is 0 Å².